The standard InChI is InChI=1S/C15H20BrN3O/c1-11-8-12(2)19(18-11)7-3-6-17-10-13-4-5-15(20)14(16)9-13/h4-5,8-9,17,20H,3,6-7,10H2,1-2H3. The van der Waals surface area contributed by atoms with Crippen LogP contribution in [0.15, 0.2) is 28.7 Å². The van der Waals surface area contributed by atoms with Crippen molar-refractivity contribution in [1.29, 1.82) is 0 Å². The highest BCUT2D eigenvalue weighted by Gasteiger charge is 2.01. The number of hydrogen-bond donors (Lipinski definition) is 2. The van der Waals surface area contributed by atoms with Crippen LogP contribution in [0.4, 0.5) is 0 Å². The molecule has 0 aliphatic carbocycles. The Labute approximate surface area is 127 Å². The van der Waals surface area contributed by atoms with Gasteiger partial charge in [-0.25, -0.2) is 0 Å². The number of rotatable bonds is 6. The van der Waals surface area contributed by atoms with E-state index >= 15 is 0 Å². The lowest BCUT2D eigenvalue weighted by molar-refractivity contribution is 0.471. The molecule has 0 aliphatic heterocycles. The van der Waals surface area contributed by atoms with Gasteiger partial charge in [0.25, 0.3) is 0 Å². The van der Waals surface area contributed by atoms with Crippen molar-refractivity contribution in [1.82, 2.24) is 15.1 Å². The molecule has 0 aliphatic rings. The Hall–Kier alpha value is -1.33. The molecule has 1 heterocycles. The second-order valence-electron chi connectivity index (χ2n) is 4.97. The summed E-state index contributed by atoms with van der Waals surface area (Å²) in [6, 6.07) is 7.66. The molecule has 2 rings (SSSR count). The smallest absolute Gasteiger partial charge is 0.129 e. The predicted molar refractivity (Wildman–Crippen MR) is 83.8 cm³/mol. The molecule has 0 spiro atoms. The van der Waals surface area contributed by atoms with Gasteiger partial charge in [-0.15, -0.1) is 0 Å². The molecule has 4 nitrogen and oxygen atoms in total. The van der Waals surface area contributed by atoms with E-state index in [4.69, 9.17) is 0 Å². The van der Waals surface area contributed by atoms with Gasteiger partial charge in [0.15, 0.2) is 0 Å². The number of halogens is 1. The third kappa shape index (κ3) is 4.08. The van der Waals surface area contributed by atoms with Crippen molar-refractivity contribution >= 4 is 15.9 Å². The van der Waals surface area contributed by atoms with Crippen molar-refractivity contribution in [3.63, 3.8) is 0 Å². The Morgan fingerprint density at radius 3 is 2.75 bits per heavy atom. The first-order valence-electron chi connectivity index (χ1n) is 6.75. The molecule has 0 saturated carbocycles. The summed E-state index contributed by atoms with van der Waals surface area (Å²) in [5, 5.41) is 17.3. The maximum atomic E-state index is 9.43. The van der Waals surface area contributed by atoms with Crippen LogP contribution in [0.5, 0.6) is 5.75 Å². The molecule has 0 radical (unpaired) electrons. The van der Waals surface area contributed by atoms with Gasteiger partial charge >= 0.3 is 0 Å². The highest BCUT2D eigenvalue weighted by molar-refractivity contribution is 9.10. The molecule has 0 atom stereocenters. The van der Waals surface area contributed by atoms with E-state index in [1.54, 1.807) is 6.07 Å². The van der Waals surface area contributed by atoms with Crippen LogP contribution in [0.1, 0.15) is 23.4 Å². The molecule has 0 amide bonds. The fraction of sp³-hybridized carbons (Fsp3) is 0.400. The molecule has 1 aromatic heterocycles. The normalized spacial score (nSPS) is 10.9. The number of aromatic nitrogens is 2. The zero-order chi connectivity index (χ0) is 14.5. The van der Waals surface area contributed by atoms with Gasteiger partial charge in [-0.1, -0.05) is 6.07 Å². The summed E-state index contributed by atoms with van der Waals surface area (Å²) in [4.78, 5) is 0. The molecule has 2 N–H and O–H groups in total. The molecular weight excluding hydrogens is 318 g/mol. The quantitative estimate of drug-likeness (QED) is 0.796. The lowest BCUT2D eigenvalue weighted by Gasteiger charge is -2.07. The van der Waals surface area contributed by atoms with Crippen molar-refractivity contribution in [2.24, 2.45) is 0 Å². The largest absolute Gasteiger partial charge is 0.507 e. The number of nitrogens with zero attached hydrogens (tertiary/aromatic N) is 2. The Balaban J connectivity index is 1.71. The zero-order valence-corrected chi connectivity index (χ0v) is 13.4. The Morgan fingerprint density at radius 2 is 2.10 bits per heavy atom. The Morgan fingerprint density at radius 1 is 1.30 bits per heavy atom. The van der Waals surface area contributed by atoms with Crippen LogP contribution in [-0.2, 0) is 13.1 Å². The second kappa shape index (κ2) is 6.90. The van der Waals surface area contributed by atoms with Crippen LogP contribution in [0.25, 0.3) is 0 Å². The maximum Gasteiger partial charge on any atom is 0.129 e. The monoisotopic (exact) mass is 337 g/mol. The minimum absolute atomic E-state index is 0.276. The van der Waals surface area contributed by atoms with Gasteiger partial charge in [-0.2, -0.15) is 5.10 Å². The van der Waals surface area contributed by atoms with E-state index < -0.39 is 0 Å². The first kappa shape index (κ1) is 15.1. The van der Waals surface area contributed by atoms with Gasteiger partial charge in [0.1, 0.15) is 5.75 Å². The topological polar surface area (TPSA) is 50.1 Å². The van der Waals surface area contributed by atoms with Crippen molar-refractivity contribution < 1.29 is 5.11 Å². The molecule has 5 heteroatoms. The van der Waals surface area contributed by atoms with Gasteiger partial charge < -0.3 is 10.4 Å². The summed E-state index contributed by atoms with van der Waals surface area (Å²) in [6.07, 6.45) is 1.04. The van der Waals surface area contributed by atoms with Gasteiger partial charge in [-0.3, -0.25) is 4.68 Å². The zero-order valence-electron chi connectivity index (χ0n) is 11.9. The van der Waals surface area contributed by atoms with Crippen LogP contribution in [0, 0.1) is 13.8 Å². The van der Waals surface area contributed by atoms with Gasteiger partial charge in [0, 0.05) is 18.8 Å². The number of benzene rings is 1. The lowest BCUT2D eigenvalue weighted by atomic mass is 10.2. The average molecular weight is 338 g/mol. The Kier molecular flexibility index (Phi) is 5.20. The van der Waals surface area contributed by atoms with E-state index in [1.807, 2.05) is 23.7 Å². The summed E-state index contributed by atoms with van der Waals surface area (Å²) >= 11 is 3.32. The van der Waals surface area contributed by atoms with Gasteiger partial charge in [0.05, 0.1) is 10.2 Å². The summed E-state index contributed by atoms with van der Waals surface area (Å²) in [6.45, 7) is 6.78. The summed E-state index contributed by atoms with van der Waals surface area (Å²) in [5.74, 6) is 0.276. The van der Waals surface area contributed by atoms with Gasteiger partial charge in [0.2, 0.25) is 0 Å². The highest BCUT2D eigenvalue weighted by Crippen LogP contribution is 2.24. The van der Waals surface area contributed by atoms with Crippen LogP contribution in [0.3, 0.4) is 0 Å². The summed E-state index contributed by atoms with van der Waals surface area (Å²) in [7, 11) is 0. The van der Waals surface area contributed by atoms with E-state index in [2.05, 4.69) is 39.3 Å². The number of aromatic hydroxyl groups is 1. The second-order valence-corrected chi connectivity index (χ2v) is 5.82. The first-order chi connectivity index (χ1) is 9.56. The molecule has 0 unspecified atom stereocenters. The van der Waals surface area contributed by atoms with E-state index in [9.17, 15) is 5.11 Å². The fourth-order valence-electron chi connectivity index (χ4n) is 2.15. The van der Waals surface area contributed by atoms with Crippen molar-refractivity contribution in [2.45, 2.75) is 33.4 Å². The number of phenols is 1. The van der Waals surface area contributed by atoms with Crippen LogP contribution >= 0.6 is 15.9 Å². The maximum absolute atomic E-state index is 9.43. The van der Waals surface area contributed by atoms with Crippen LogP contribution in [0.2, 0.25) is 0 Å². The predicted octanol–water partition coefficient (Wildman–Crippen LogP) is 3.15. The average Bonchev–Trinajstić information content (AvgIpc) is 2.72. The first-order valence-corrected chi connectivity index (χ1v) is 7.55. The minimum Gasteiger partial charge on any atom is -0.507 e. The van der Waals surface area contributed by atoms with E-state index in [1.165, 1.54) is 5.69 Å². The SMILES string of the molecule is Cc1cc(C)n(CCCNCc2ccc(O)c(Br)c2)n1. The van der Waals surface area contributed by atoms with E-state index in [0.717, 1.165) is 41.8 Å². The van der Waals surface area contributed by atoms with E-state index in [-0.39, 0.29) is 5.75 Å². The Bertz CT molecular complexity index is 580. The number of phenolic OH excluding ortho intramolecular Hbond substituents is 1. The molecule has 108 valence electrons. The van der Waals surface area contributed by atoms with Crippen molar-refractivity contribution in [3.8, 4) is 5.75 Å². The highest BCUT2D eigenvalue weighted by atomic mass is 79.9. The molecule has 0 fully saturated rings. The number of aryl methyl sites for hydroxylation is 3. The van der Waals surface area contributed by atoms with Gasteiger partial charge in [-0.05, 0) is 66.5 Å². The van der Waals surface area contributed by atoms with Crippen molar-refractivity contribution in [3.05, 3.63) is 45.7 Å². The molecule has 2 aromatic rings. The fourth-order valence-corrected chi connectivity index (χ4v) is 2.57. The number of hydrogen-bond acceptors (Lipinski definition) is 3. The molecular formula is C15H20BrN3O. The van der Waals surface area contributed by atoms with E-state index in [0.29, 0.717) is 0 Å². The van der Waals surface area contributed by atoms with Crippen molar-refractivity contribution in [2.75, 3.05) is 6.54 Å². The molecule has 20 heavy (non-hydrogen) atoms. The minimum atomic E-state index is 0.276. The number of nitrogens with one attached hydrogen (secondary N) is 1. The molecule has 0 bridgehead atoms. The molecule has 0 saturated heterocycles. The third-order valence-electron chi connectivity index (χ3n) is 3.17. The van der Waals surface area contributed by atoms with Crippen LogP contribution in [-0.4, -0.2) is 21.4 Å². The molecule has 1 aromatic carbocycles. The summed E-state index contributed by atoms with van der Waals surface area (Å²) in [5.41, 5.74) is 3.44. The third-order valence-corrected chi connectivity index (χ3v) is 3.80. The van der Waals surface area contributed by atoms with Crippen LogP contribution < -0.4 is 5.32 Å². The lowest BCUT2D eigenvalue weighted by Crippen LogP contribution is -2.17. The summed E-state index contributed by atoms with van der Waals surface area (Å²) < 4.78 is 2.79.